The van der Waals surface area contributed by atoms with E-state index >= 15 is 0 Å². The van der Waals surface area contributed by atoms with E-state index in [1.54, 1.807) is 6.08 Å². The van der Waals surface area contributed by atoms with Crippen LogP contribution in [0.15, 0.2) is 66.7 Å². The van der Waals surface area contributed by atoms with Gasteiger partial charge >= 0.3 is 0 Å². The number of anilines is 1. The normalized spacial score (nSPS) is 24.6. The summed E-state index contributed by atoms with van der Waals surface area (Å²) in [4.78, 5) is 27.6. The molecule has 2 N–H and O–H groups in total. The highest BCUT2D eigenvalue weighted by Gasteiger charge is 2.51. The summed E-state index contributed by atoms with van der Waals surface area (Å²) in [6.45, 7) is 1.65. The first-order valence-corrected chi connectivity index (χ1v) is 11.3. The van der Waals surface area contributed by atoms with Crippen molar-refractivity contribution in [3.05, 3.63) is 77.9 Å². The van der Waals surface area contributed by atoms with Crippen LogP contribution in [0.4, 0.5) is 5.69 Å². The number of nitrogens with zero attached hydrogens (tertiary/aromatic N) is 1. The summed E-state index contributed by atoms with van der Waals surface area (Å²) in [6, 6.07) is 18.1. The van der Waals surface area contributed by atoms with Crippen LogP contribution in [-0.4, -0.2) is 37.0 Å². The zero-order valence-corrected chi connectivity index (χ0v) is 17.7. The lowest BCUT2D eigenvalue weighted by Gasteiger charge is -2.20. The molecular weight excluding hydrogens is 386 g/mol. The van der Waals surface area contributed by atoms with E-state index in [0.29, 0.717) is 18.4 Å². The number of piperidine rings is 1. The SMILES string of the molecule is O=C(N[C@H](/C=C/C(=O)N1CCc2ccccc21)CCc1ccccc1)C1NCC2CC21. The number of amides is 2. The van der Waals surface area contributed by atoms with Crippen LogP contribution in [0, 0.1) is 11.8 Å². The monoisotopic (exact) mass is 415 g/mol. The lowest BCUT2D eigenvalue weighted by atomic mass is 10.0. The first-order valence-electron chi connectivity index (χ1n) is 11.3. The Morgan fingerprint density at radius 3 is 2.71 bits per heavy atom. The topological polar surface area (TPSA) is 61.4 Å². The van der Waals surface area contributed by atoms with Gasteiger partial charge in [-0.25, -0.2) is 0 Å². The van der Waals surface area contributed by atoms with Gasteiger partial charge in [0, 0.05) is 24.4 Å². The average molecular weight is 416 g/mol. The molecule has 0 aromatic heterocycles. The largest absolute Gasteiger partial charge is 0.349 e. The van der Waals surface area contributed by atoms with Crippen molar-refractivity contribution in [1.82, 2.24) is 10.6 Å². The molecule has 3 aliphatic rings. The van der Waals surface area contributed by atoms with Crippen molar-refractivity contribution in [2.75, 3.05) is 18.0 Å². The molecule has 1 aliphatic carbocycles. The van der Waals surface area contributed by atoms with E-state index in [4.69, 9.17) is 0 Å². The third kappa shape index (κ3) is 4.42. The minimum Gasteiger partial charge on any atom is -0.349 e. The van der Waals surface area contributed by atoms with Crippen LogP contribution in [0.1, 0.15) is 24.0 Å². The van der Waals surface area contributed by atoms with Crippen LogP contribution in [-0.2, 0) is 22.4 Å². The Morgan fingerprint density at radius 1 is 1.13 bits per heavy atom. The summed E-state index contributed by atoms with van der Waals surface area (Å²) in [5.41, 5.74) is 3.44. The molecule has 1 saturated heterocycles. The number of carbonyl (C=O) groups is 2. The molecule has 5 nitrogen and oxygen atoms in total. The Kier molecular flexibility index (Phi) is 5.60. The summed E-state index contributed by atoms with van der Waals surface area (Å²) < 4.78 is 0. The van der Waals surface area contributed by atoms with Gasteiger partial charge in [-0.05, 0) is 61.3 Å². The Hall–Kier alpha value is -2.92. The maximum absolute atomic E-state index is 12.9. The maximum atomic E-state index is 12.9. The van der Waals surface area contributed by atoms with Gasteiger partial charge in [-0.2, -0.15) is 0 Å². The number of carbonyl (C=O) groups excluding carboxylic acids is 2. The van der Waals surface area contributed by atoms with Crippen molar-refractivity contribution < 1.29 is 9.59 Å². The van der Waals surface area contributed by atoms with Gasteiger partial charge in [-0.3, -0.25) is 9.59 Å². The number of hydrogen-bond donors (Lipinski definition) is 2. The second-order valence-corrected chi connectivity index (χ2v) is 8.91. The second kappa shape index (κ2) is 8.67. The third-order valence-corrected chi connectivity index (χ3v) is 6.83. The fourth-order valence-corrected chi connectivity index (χ4v) is 4.94. The Balaban J connectivity index is 1.26. The molecule has 0 spiro atoms. The highest BCUT2D eigenvalue weighted by Crippen LogP contribution is 2.45. The van der Waals surface area contributed by atoms with Crippen molar-refractivity contribution >= 4 is 17.5 Å². The van der Waals surface area contributed by atoms with Crippen molar-refractivity contribution in [2.45, 2.75) is 37.8 Å². The molecule has 2 heterocycles. The van der Waals surface area contributed by atoms with Crippen LogP contribution in [0.2, 0.25) is 0 Å². The molecule has 2 fully saturated rings. The van der Waals surface area contributed by atoms with E-state index in [1.807, 2.05) is 47.4 Å². The molecule has 2 aromatic rings. The molecule has 0 bridgehead atoms. The summed E-state index contributed by atoms with van der Waals surface area (Å²) >= 11 is 0. The molecule has 5 heteroatoms. The fourth-order valence-electron chi connectivity index (χ4n) is 4.94. The number of hydrogen-bond acceptors (Lipinski definition) is 3. The lowest BCUT2D eigenvalue weighted by Crippen LogP contribution is -2.46. The average Bonchev–Trinajstić information content (AvgIpc) is 3.25. The van der Waals surface area contributed by atoms with Gasteiger partial charge in [0.1, 0.15) is 0 Å². The molecule has 31 heavy (non-hydrogen) atoms. The van der Waals surface area contributed by atoms with Gasteiger partial charge in [0.25, 0.3) is 5.91 Å². The van der Waals surface area contributed by atoms with Gasteiger partial charge in [-0.1, -0.05) is 54.6 Å². The maximum Gasteiger partial charge on any atom is 0.250 e. The van der Waals surface area contributed by atoms with Crippen LogP contribution >= 0.6 is 0 Å². The molecule has 2 aliphatic heterocycles. The number of para-hydroxylation sites is 1. The summed E-state index contributed by atoms with van der Waals surface area (Å²) in [6.07, 6.45) is 7.17. The minimum atomic E-state index is -0.172. The zero-order chi connectivity index (χ0) is 21.2. The molecule has 2 aromatic carbocycles. The smallest absolute Gasteiger partial charge is 0.250 e. The number of aryl methyl sites for hydroxylation is 1. The Bertz CT molecular complexity index is 987. The fraction of sp³-hybridized carbons (Fsp3) is 0.385. The van der Waals surface area contributed by atoms with Crippen molar-refractivity contribution in [3.8, 4) is 0 Å². The van der Waals surface area contributed by atoms with E-state index in [-0.39, 0.29) is 23.9 Å². The van der Waals surface area contributed by atoms with Crippen LogP contribution in [0.25, 0.3) is 0 Å². The van der Waals surface area contributed by atoms with Crippen molar-refractivity contribution in [1.29, 1.82) is 0 Å². The molecule has 1 saturated carbocycles. The predicted molar refractivity (Wildman–Crippen MR) is 122 cm³/mol. The molecule has 0 radical (unpaired) electrons. The van der Waals surface area contributed by atoms with Crippen molar-refractivity contribution in [3.63, 3.8) is 0 Å². The highest BCUT2D eigenvalue weighted by molar-refractivity contribution is 6.03. The first-order chi connectivity index (χ1) is 15.2. The lowest BCUT2D eigenvalue weighted by molar-refractivity contribution is -0.123. The van der Waals surface area contributed by atoms with E-state index < -0.39 is 0 Å². The number of benzene rings is 2. The van der Waals surface area contributed by atoms with E-state index in [9.17, 15) is 9.59 Å². The van der Waals surface area contributed by atoms with Crippen LogP contribution < -0.4 is 15.5 Å². The van der Waals surface area contributed by atoms with Gasteiger partial charge < -0.3 is 15.5 Å². The van der Waals surface area contributed by atoms with Crippen LogP contribution in [0.3, 0.4) is 0 Å². The quantitative estimate of drug-likeness (QED) is 0.684. The molecule has 2 amide bonds. The van der Waals surface area contributed by atoms with Gasteiger partial charge in [0.15, 0.2) is 0 Å². The Morgan fingerprint density at radius 2 is 1.94 bits per heavy atom. The molecular formula is C26H29N3O2. The zero-order valence-electron chi connectivity index (χ0n) is 17.7. The third-order valence-electron chi connectivity index (χ3n) is 6.83. The standard InChI is InChI=1S/C26H29N3O2/c30-24(29-15-14-19-8-4-5-9-23(19)29)13-12-21(11-10-18-6-2-1-3-7-18)28-26(31)25-22-16-20(22)17-27-25/h1-9,12-13,20-22,25,27H,10-11,14-17H2,(H,28,31)/b13-12+/t20?,21-,22?,25?/m0/s1. The predicted octanol–water partition coefficient (Wildman–Crippen LogP) is 2.86. The van der Waals surface area contributed by atoms with E-state index in [2.05, 4.69) is 28.8 Å². The summed E-state index contributed by atoms with van der Waals surface area (Å²) in [5.74, 6) is 1.20. The molecule has 3 unspecified atom stereocenters. The van der Waals surface area contributed by atoms with Crippen molar-refractivity contribution in [2.24, 2.45) is 11.8 Å². The van der Waals surface area contributed by atoms with Gasteiger partial charge in [0.2, 0.25) is 5.91 Å². The summed E-state index contributed by atoms with van der Waals surface area (Å²) in [7, 11) is 0. The first kappa shape index (κ1) is 20.0. The van der Waals surface area contributed by atoms with Gasteiger partial charge in [0.05, 0.1) is 6.04 Å². The number of rotatable bonds is 7. The molecule has 4 atom stereocenters. The summed E-state index contributed by atoms with van der Waals surface area (Å²) in [5, 5.41) is 6.54. The van der Waals surface area contributed by atoms with Crippen LogP contribution in [0.5, 0.6) is 0 Å². The molecule has 160 valence electrons. The molecule has 5 rings (SSSR count). The van der Waals surface area contributed by atoms with Gasteiger partial charge in [-0.15, -0.1) is 0 Å². The van der Waals surface area contributed by atoms with E-state index in [1.165, 1.54) is 11.1 Å². The second-order valence-electron chi connectivity index (χ2n) is 8.91. The number of nitrogens with one attached hydrogen (secondary N) is 2. The minimum absolute atomic E-state index is 0.0230. The number of fused-ring (bicyclic) bond motifs is 2. The Labute approximate surface area is 183 Å². The highest BCUT2D eigenvalue weighted by atomic mass is 16.2. The van der Waals surface area contributed by atoms with E-state index in [0.717, 1.165) is 37.9 Å².